The van der Waals surface area contributed by atoms with Gasteiger partial charge in [0.15, 0.2) is 10.7 Å². The SMILES string of the molecule is O=c1ccc(-c2ccco2)nn1CCNS(=O)(=O)c1ccc(C(F)(F)F)cc1[N+](=O)[O-]. The number of nitrogens with zero attached hydrogens (tertiary/aromatic N) is 3. The number of rotatable bonds is 7. The average Bonchev–Trinajstić information content (AvgIpc) is 3.23. The third-order valence-corrected chi connectivity index (χ3v) is 5.54. The minimum atomic E-state index is -4.88. The van der Waals surface area contributed by atoms with Gasteiger partial charge in [-0.3, -0.25) is 14.9 Å². The van der Waals surface area contributed by atoms with Gasteiger partial charge in [-0.05, 0) is 30.3 Å². The average molecular weight is 458 g/mol. The molecule has 1 aromatic carbocycles. The lowest BCUT2D eigenvalue weighted by molar-refractivity contribution is -0.388. The van der Waals surface area contributed by atoms with Crippen molar-refractivity contribution in [2.75, 3.05) is 6.54 Å². The van der Waals surface area contributed by atoms with E-state index >= 15 is 0 Å². The molecule has 0 radical (unpaired) electrons. The van der Waals surface area contributed by atoms with Crippen molar-refractivity contribution in [2.45, 2.75) is 17.6 Å². The van der Waals surface area contributed by atoms with Crippen LogP contribution in [0.1, 0.15) is 5.56 Å². The third-order valence-electron chi connectivity index (χ3n) is 4.03. The standard InChI is InChI=1S/C17H13F3N4O6S/c18-17(19,20)11-3-5-15(13(10-11)24(26)27)31(28,29)21-7-8-23-16(25)6-4-12(22-23)14-2-1-9-30-14/h1-6,9-10,21H,7-8H2. The second kappa shape index (κ2) is 8.31. The third kappa shape index (κ3) is 4.97. The molecule has 0 bridgehead atoms. The van der Waals surface area contributed by atoms with Crippen molar-refractivity contribution < 1.29 is 30.9 Å². The van der Waals surface area contributed by atoms with Crippen LogP contribution in [0.5, 0.6) is 0 Å². The van der Waals surface area contributed by atoms with E-state index in [1.807, 2.05) is 4.72 Å². The summed E-state index contributed by atoms with van der Waals surface area (Å²) in [5.41, 5.74) is -2.82. The molecule has 0 spiro atoms. The molecule has 0 aliphatic heterocycles. The molecule has 0 unspecified atom stereocenters. The lowest BCUT2D eigenvalue weighted by Gasteiger charge is -2.11. The molecule has 2 aromatic heterocycles. The molecule has 10 nitrogen and oxygen atoms in total. The van der Waals surface area contributed by atoms with Gasteiger partial charge in [-0.15, -0.1) is 0 Å². The molecule has 31 heavy (non-hydrogen) atoms. The molecule has 0 saturated heterocycles. The number of furan rings is 1. The number of hydrogen-bond acceptors (Lipinski definition) is 7. The van der Waals surface area contributed by atoms with Crippen molar-refractivity contribution in [3.05, 3.63) is 74.8 Å². The Morgan fingerprint density at radius 1 is 1.19 bits per heavy atom. The molecule has 0 fully saturated rings. The summed E-state index contributed by atoms with van der Waals surface area (Å²) in [6.45, 7) is -0.657. The molecule has 3 rings (SSSR count). The van der Waals surface area contributed by atoms with E-state index < -0.39 is 49.4 Å². The Kier molecular flexibility index (Phi) is 5.94. The van der Waals surface area contributed by atoms with E-state index in [4.69, 9.17) is 4.42 Å². The van der Waals surface area contributed by atoms with Crippen LogP contribution in [0.2, 0.25) is 0 Å². The second-order valence-corrected chi connectivity index (χ2v) is 7.83. The lowest BCUT2D eigenvalue weighted by Crippen LogP contribution is -2.32. The van der Waals surface area contributed by atoms with E-state index in [0.717, 1.165) is 4.68 Å². The Bertz CT molecular complexity index is 1270. The van der Waals surface area contributed by atoms with Crippen LogP contribution < -0.4 is 10.3 Å². The number of aromatic nitrogens is 2. The zero-order valence-corrected chi connectivity index (χ0v) is 16.2. The van der Waals surface area contributed by atoms with Crippen LogP contribution in [-0.2, 0) is 22.7 Å². The molecule has 0 atom stereocenters. The minimum absolute atomic E-state index is 0.146. The maximum atomic E-state index is 12.8. The van der Waals surface area contributed by atoms with Crippen LogP contribution in [0.4, 0.5) is 18.9 Å². The molecular formula is C17H13F3N4O6S. The summed E-state index contributed by atoms with van der Waals surface area (Å²) in [6.07, 6.45) is -3.48. The summed E-state index contributed by atoms with van der Waals surface area (Å²) in [5.74, 6) is 0.370. The van der Waals surface area contributed by atoms with Gasteiger partial charge in [0.25, 0.3) is 11.2 Å². The van der Waals surface area contributed by atoms with Gasteiger partial charge in [-0.2, -0.15) is 18.3 Å². The highest BCUT2D eigenvalue weighted by Crippen LogP contribution is 2.34. The van der Waals surface area contributed by atoms with E-state index in [-0.39, 0.29) is 12.6 Å². The van der Waals surface area contributed by atoms with Crippen molar-refractivity contribution in [3.63, 3.8) is 0 Å². The Morgan fingerprint density at radius 3 is 2.55 bits per heavy atom. The smallest absolute Gasteiger partial charge is 0.416 e. The Hall–Kier alpha value is -3.52. The predicted molar refractivity (Wildman–Crippen MR) is 99.5 cm³/mol. The van der Waals surface area contributed by atoms with Crippen LogP contribution in [-0.4, -0.2) is 29.7 Å². The number of nitrogens with one attached hydrogen (secondary N) is 1. The van der Waals surface area contributed by atoms with Gasteiger partial charge in [0.05, 0.1) is 23.3 Å². The summed E-state index contributed by atoms with van der Waals surface area (Å²) < 4.78 is 71.4. The maximum absolute atomic E-state index is 12.8. The van der Waals surface area contributed by atoms with Gasteiger partial charge < -0.3 is 4.42 Å². The molecule has 0 aliphatic rings. The van der Waals surface area contributed by atoms with Gasteiger partial charge in [0, 0.05) is 18.7 Å². The predicted octanol–water partition coefficient (Wildman–Crippen LogP) is 2.41. The Labute approximate surface area is 172 Å². The van der Waals surface area contributed by atoms with Crippen LogP contribution in [0.25, 0.3) is 11.5 Å². The summed E-state index contributed by atoms with van der Waals surface area (Å²) in [6, 6.07) is 6.90. The monoisotopic (exact) mass is 458 g/mol. The number of benzene rings is 1. The summed E-state index contributed by atoms with van der Waals surface area (Å²) >= 11 is 0. The highest BCUT2D eigenvalue weighted by molar-refractivity contribution is 7.89. The lowest BCUT2D eigenvalue weighted by atomic mass is 10.2. The number of halogens is 3. The van der Waals surface area contributed by atoms with E-state index in [0.29, 0.717) is 23.6 Å². The van der Waals surface area contributed by atoms with Gasteiger partial charge in [-0.1, -0.05) is 0 Å². The van der Waals surface area contributed by atoms with Crippen LogP contribution in [0.15, 0.2) is 62.8 Å². The second-order valence-electron chi connectivity index (χ2n) is 6.09. The highest BCUT2D eigenvalue weighted by atomic mass is 32.2. The number of hydrogen-bond donors (Lipinski definition) is 1. The normalized spacial score (nSPS) is 12.1. The van der Waals surface area contributed by atoms with Crippen molar-refractivity contribution in [3.8, 4) is 11.5 Å². The first kappa shape index (κ1) is 22.2. The van der Waals surface area contributed by atoms with Gasteiger partial charge in [-0.25, -0.2) is 17.8 Å². The van der Waals surface area contributed by atoms with Crippen molar-refractivity contribution >= 4 is 15.7 Å². The number of sulfonamides is 1. The van der Waals surface area contributed by atoms with Crippen LogP contribution in [0.3, 0.4) is 0 Å². The Balaban J connectivity index is 1.80. The maximum Gasteiger partial charge on any atom is 0.416 e. The molecule has 0 aliphatic carbocycles. The fraction of sp³-hybridized carbons (Fsp3) is 0.176. The summed E-state index contributed by atoms with van der Waals surface area (Å²) in [7, 11) is -4.56. The van der Waals surface area contributed by atoms with Crippen molar-refractivity contribution in [2.24, 2.45) is 0 Å². The van der Waals surface area contributed by atoms with Crippen molar-refractivity contribution in [1.29, 1.82) is 0 Å². The van der Waals surface area contributed by atoms with E-state index in [2.05, 4.69) is 5.10 Å². The fourth-order valence-corrected chi connectivity index (χ4v) is 3.76. The van der Waals surface area contributed by atoms with Crippen molar-refractivity contribution in [1.82, 2.24) is 14.5 Å². The molecule has 164 valence electrons. The fourth-order valence-electron chi connectivity index (χ4n) is 2.59. The Morgan fingerprint density at radius 2 is 1.94 bits per heavy atom. The highest BCUT2D eigenvalue weighted by Gasteiger charge is 2.35. The zero-order chi connectivity index (χ0) is 22.8. The van der Waals surface area contributed by atoms with Gasteiger partial charge >= 0.3 is 6.18 Å². The molecule has 2 heterocycles. The topological polar surface area (TPSA) is 137 Å². The van der Waals surface area contributed by atoms with Gasteiger partial charge in [0.1, 0.15) is 5.69 Å². The van der Waals surface area contributed by atoms with Gasteiger partial charge in [0.2, 0.25) is 10.0 Å². The summed E-state index contributed by atoms with van der Waals surface area (Å²) in [5, 5.41) is 15.2. The van der Waals surface area contributed by atoms with E-state index in [1.54, 1.807) is 12.1 Å². The number of alkyl halides is 3. The minimum Gasteiger partial charge on any atom is -0.463 e. The largest absolute Gasteiger partial charge is 0.463 e. The molecule has 0 amide bonds. The first-order valence-corrected chi connectivity index (χ1v) is 9.95. The molecule has 0 saturated carbocycles. The van der Waals surface area contributed by atoms with E-state index in [9.17, 15) is 36.5 Å². The molecule has 3 aromatic rings. The molecule has 1 N–H and O–H groups in total. The number of nitro groups is 1. The summed E-state index contributed by atoms with van der Waals surface area (Å²) in [4.78, 5) is 20.9. The zero-order valence-electron chi connectivity index (χ0n) is 15.4. The van der Waals surface area contributed by atoms with E-state index in [1.165, 1.54) is 18.4 Å². The first-order chi connectivity index (χ1) is 14.5. The first-order valence-electron chi connectivity index (χ1n) is 8.46. The molecular weight excluding hydrogens is 445 g/mol. The quantitative estimate of drug-likeness (QED) is 0.424. The number of nitro benzene ring substituents is 1. The molecule has 14 heteroatoms. The van der Waals surface area contributed by atoms with Crippen LogP contribution >= 0.6 is 0 Å². The van der Waals surface area contributed by atoms with Crippen LogP contribution in [0, 0.1) is 10.1 Å².